The summed E-state index contributed by atoms with van der Waals surface area (Å²) in [6.45, 7) is 6.92. The molecule has 0 N–H and O–H groups in total. The van der Waals surface area contributed by atoms with Crippen molar-refractivity contribution in [2.45, 2.75) is 26.2 Å². The van der Waals surface area contributed by atoms with Gasteiger partial charge < -0.3 is 9.80 Å². The van der Waals surface area contributed by atoms with Crippen LogP contribution in [0, 0.1) is 6.92 Å². The van der Waals surface area contributed by atoms with E-state index in [2.05, 4.69) is 255 Å². The summed E-state index contributed by atoms with van der Waals surface area (Å²) in [4.78, 5) is 4.79. The Morgan fingerprint density at radius 3 is 0.967 bits per heavy atom. The summed E-state index contributed by atoms with van der Waals surface area (Å²) in [5.41, 5.74) is 20.3. The van der Waals surface area contributed by atoms with Crippen molar-refractivity contribution in [3.63, 3.8) is 0 Å². The van der Waals surface area contributed by atoms with Gasteiger partial charge in [-0.1, -0.05) is 166 Å². The molecule has 0 spiro atoms. The smallest absolute Gasteiger partial charge is 0.0465 e. The first-order valence-corrected chi connectivity index (χ1v) is 20.8. The molecule has 2 nitrogen and oxygen atoms in total. The molecule has 0 unspecified atom stereocenters. The minimum Gasteiger partial charge on any atom is -0.310 e. The lowest BCUT2D eigenvalue weighted by Gasteiger charge is -2.29. The molecule has 2 heteroatoms. The van der Waals surface area contributed by atoms with Crippen molar-refractivity contribution in [3.8, 4) is 44.5 Å². The first kappa shape index (κ1) is 36.9. The third kappa shape index (κ3) is 6.86. The molecule has 9 aromatic carbocycles. The molecule has 60 heavy (non-hydrogen) atoms. The molecular weight excluding hydrogens is 725 g/mol. The number of rotatable bonds is 9. The quantitative estimate of drug-likeness (QED) is 0.144. The fourth-order valence-electron chi connectivity index (χ4n) is 8.95. The Bertz CT molecular complexity index is 2830. The Morgan fingerprint density at radius 2 is 0.600 bits per heavy atom. The highest BCUT2D eigenvalue weighted by Gasteiger charge is 2.37. The van der Waals surface area contributed by atoms with E-state index in [4.69, 9.17) is 0 Å². The molecule has 288 valence electrons. The van der Waals surface area contributed by atoms with Crippen LogP contribution in [0.5, 0.6) is 0 Å². The van der Waals surface area contributed by atoms with Crippen LogP contribution >= 0.6 is 0 Å². The van der Waals surface area contributed by atoms with E-state index in [1.165, 1.54) is 61.2 Å². The van der Waals surface area contributed by atoms with Gasteiger partial charge in [0.1, 0.15) is 0 Å². The van der Waals surface area contributed by atoms with Gasteiger partial charge in [-0.2, -0.15) is 0 Å². The van der Waals surface area contributed by atoms with Crippen LogP contribution in [0.3, 0.4) is 0 Å². The first-order valence-electron chi connectivity index (χ1n) is 20.8. The first-order chi connectivity index (χ1) is 29.4. The number of hydrogen-bond acceptors (Lipinski definition) is 2. The second-order valence-electron chi connectivity index (χ2n) is 16.3. The van der Waals surface area contributed by atoms with E-state index in [0.29, 0.717) is 0 Å². The predicted molar refractivity (Wildman–Crippen MR) is 254 cm³/mol. The van der Waals surface area contributed by atoms with Crippen LogP contribution in [0.1, 0.15) is 30.5 Å². The van der Waals surface area contributed by atoms with Gasteiger partial charge in [-0.15, -0.1) is 0 Å². The molecule has 0 bridgehead atoms. The Morgan fingerprint density at radius 1 is 0.283 bits per heavy atom. The van der Waals surface area contributed by atoms with Gasteiger partial charge in [-0.05, 0) is 141 Å². The zero-order valence-electron chi connectivity index (χ0n) is 34.3. The lowest BCUT2D eigenvalue weighted by Crippen LogP contribution is -2.17. The number of hydrogen-bond donors (Lipinski definition) is 0. The van der Waals surface area contributed by atoms with Gasteiger partial charge in [0.2, 0.25) is 0 Å². The molecule has 0 atom stereocenters. The monoisotopic (exact) mass is 770 g/mol. The average Bonchev–Trinajstić information content (AvgIpc) is 3.53. The van der Waals surface area contributed by atoms with E-state index in [9.17, 15) is 0 Å². The maximum absolute atomic E-state index is 2.42. The molecule has 0 saturated carbocycles. The summed E-state index contributed by atoms with van der Waals surface area (Å²) in [7, 11) is 0. The molecule has 1 aliphatic rings. The van der Waals surface area contributed by atoms with Crippen LogP contribution in [0.2, 0.25) is 0 Å². The minimum atomic E-state index is -0.244. The second kappa shape index (κ2) is 15.4. The van der Waals surface area contributed by atoms with E-state index in [0.717, 1.165) is 34.1 Å². The lowest BCUT2D eigenvalue weighted by atomic mass is 9.82. The van der Waals surface area contributed by atoms with Crippen molar-refractivity contribution >= 4 is 34.1 Å². The minimum absolute atomic E-state index is 0.244. The van der Waals surface area contributed by atoms with Crippen molar-refractivity contribution in [2.24, 2.45) is 0 Å². The molecule has 0 amide bonds. The molecule has 0 fully saturated rings. The van der Waals surface area contributed by atoms with Gasteiger partial charge in [0.05, 0.1) is 0 Å². The molecule has 1 aliphatic carbocycles. The van der Waals surface area contributed by atoms with Gasteiger partial charge in [0.15, 0.2) is 0 Å². The highest BCUT2D eigenvalue weighted by Crippen LogP contribution is 2.52. The molecule has 0 aliphatic heterocycles. The van der Waals surface area contributed by atoms with Crippen LogP contribution in [-0.4, -0.2) is 0 Å². The second-order valence-corrected chi connectivity index (χ2v) is 16.3. The maximum Gasteiger partial charge on any atom is 0.0465 e. The standard InChI is InChI=1S/C58H46N2/c1-41-14-13-21-51(38-41)60(50-32-26-47(27-33-50)44-19-11-6-12-20-44)53-35-37-55-54-36-34-52(39-56(54)58(2,3)57(55)40-53)59(48-28-22-45(23-29-48)42-15-7-4-8-16-42)49-30-24-46(25-31-49)43-17-9-5-10-18-43/h4-40H,1-3H3. The number of benzene rings is 9. The third-order valence-electron chi connectivity index (χ3n) is 12.1. The fourth-order valence-corrected chi connectivity index (χ4v) is 8.95. The van der Waals surface area contributed by atoms with Crippen molar-refractivity contribution < 1.29 is 0 Å². The van der Waals surface area contributed by atoms with Gasteiger partial charge in [-0.3, -0.25) is 0 Å². The van der Waals surface area contributed by atoms with Gasteiger partial charge in [0, 0.05) is 39.5 Å². The number of fused-ring (bicyclic) bond motifs is 3. The van der Waals surface area contributed by atoms with Crippen LogP contribution in [0.15, 0.2) is 224 Å². The fraction of sp³-hybridized carbons (Fsp3) is 0.0690. The van der Waals surface area contributed by atoms with Gasteiger partial charge in [0.25, 0.3) is 0 Å². The summed E-state index contributed by atoms with van der Waals surface area (Å²) in [6, 6.07) is 81.6. The Hall–Kier alpha value is -7.42. The van der Waals surface area contributed by atoms with Crippen molar-refractivity contribution in [3.05, 3.63) is 241 Å². The molecule has 10 rings (SSSR count). The molecule has 9 aromatic rings. The van der Waals surface area contributed by atoms with Crippen LogP contribution in [-0.2, 0) is 5.41 Å². The topological polar surface area (TPSA) is 6.48 Å². The zero-order valence-corrected chi connectivity index (χ0v) is 34.3. The summed E-state index contributed by atoms with van der Waals surface area (Å²) < 4.78 is 0. The van der Waals surface area contributed by atoms with E-state index in [-0.39, 0.29) is 5.41 Å². The molecule has 0 saturated heterocycles. The average molecular weight is 771 g/mol. The largest absolute Gasteiger partial charge is 0.310 e. The maximum atomic E-state index is 2.42. The van der Waals surface area contributed by atoms with Crippen LogP contribution < -0.4 is 9.80 Å². The summed E-state index contributed by atoms with van der Waals surface area (Å²) in [5.74, 6) is 0. The third-order valence-corrected chi connectivity index (χ3v) is 12.1. The zero-order chi connectivity index (χ0) is 40.6. The van der Waals surface area contributed by atoms with E-state index in [1.807, 2.05) is 0 Å². The van der Waals surface area contributed by atoms with E-state index >= 15 is 0 Å². The number of anilines is 6. The number of aryl methyl sites for hydroxylation is 1. The normalized spacial score (nSPS) is 12.4. The molecular formula is C58H46N2. The van der Waals surface area contributed by atoms with Gasteiger partial charge >= 0.3 is 0 Å². The summed E-state index contributed by atoms with van der Waals surface area (Å²) >= 11 is 0. The molecule has 0 radical (unpaired) electrons. The SMILES string of the molecule is Cc1cccc(N(c2ccc(-c3ccccc3)cc2)c2ccc3c(c2)C(C)(C)c2cc(N(c4ccc(-c5ccccc5)cc4)c4ccc(-c5ccccc5)cc4)ccc2-3)c1. The van der Waals surface area contributed by atoms with Gasteiger partial charge in [-0.25, -0.2) is 0 Å². The van der Waals surface area contributed by atoms with Crippen molar-refractivity contribution in [1.82, 2.24) is 0 Å². The summed E-state index contributed by atoms with van der Waals surface area (Å²) in [6.07, 6.45) is 0. The predicted octanol–water partition coefficient (Wildman–Crippen LogP) is 16.2. The van der Waals surface area contributed by atoms with Crippen LogP contribution in [0.4, 0.5) is 34.1 Å². The van der Waals surface area contributed by atoms with E-state index < -0.39 is 0 Å². The Labute approximate surface area is 354 Å². The highest BCUT2D eigenvalue weighted by molar-refractivity contribution is 5.89. The highest BCUT2D eigenvalue weighted by atomic mass is 15.1. The Balaban J connectivity index is 1.04. The van der Waals surface area contributed by atoms with Crippen molar-refractivity contribution in [2.75, 3.05) is 9.80 Å². The molecule has 0 heterocycles. The van der Waals surface area contributed by atoms with Crippen LogP contribution in [0.25, 0.3) is 44.5 Å². The Kier molecular flexibility index (Phi) is 9.47. The van der Waals surface area contributed by atoms with E-state index in [1.54, 1.807) is 0 Å². The summed E-state index contributed by atoms with van der Waals surface area (Å²) in [5, 5.41) is 0. The lowest BCUT2D eigenvalue weighted by molar-refractivity contribution is 0.660. The van der Waals surface area contributed by atoms with Crippen molar-refractivity contribution in [1.29, 1.82) is 0 Å². The number of nitrogens with zero attached hydrogens (tertiary/aromatic N) is 2. The molecule has 0 aromatic heterocycles.